The van der Waals surface area contributed by atoms with Crippen LogP contribution in [0.1, 0.15) is 175 Å². The largest absolute Gasteiger partial charge is 0.479 e. The molecule has 0 aromatic carbocycles. The number of carbonyl (C=O) groups excluding carboxylic acids is 2. The third-order valence-corrected chi connectivity index (χ3v) is 13.2. The molecule has 70 heavy (non-hydrogen) atoms. The molecule has 3 heterocycles. The van der Waals surface area contributed by atoms with Crippen LogP contribution in [0.4, 0.5) is 0 Å². The van der Waals surface area contributed by atoms with Crippen molar-refractivity contribution in [1.82, 2.24) is 0 Å². The van der Waals surface area contributed by atoms with Crippen LogP contribution in [0.3, 0.4) is 0 Å². The Morgan fingerprint density at radius 1 is 0.614 bits per heavy atom. The van der Waals surface area contributed by atoms with Crippen LogP contribution < -0.4 is 0 Å². The Morgan fingerprint density at radius 2 is 1.16 bits per heavy atom. The van der Waals surface area contributed by atoms with Crippen molar-refractivity contribution in [3.63, 3.8) is 0 Å². The Hall–Kier alpha value is -2.15. The fraction of sp³-hybridized carbons (Fsp3) is 0.940. The number of carboxylic acid groups (broad SMARTS) is 1. The van der Waals surface area contributed by atoms with Crippen molar-refractivity contribution in [3.8, 4) is 0 Å². The molecule has 0 bridgehead atoms. The average Bonchev–Trinajstić information content (AvgIpc) is 3.30. The van der Waals surface area contributed by atoms with E-state index in [2.05, 4.69) is 6.92 Å². The van der Waals surface area contributed by atoms with Crippen molar-refractivity contribution in [1.29, 1.82) is 0 Å². The van der Waals surface area contributed by atoms with Crippen molar-refractivity contribution in [3.05, 3.63) is 0 Å². The number of aliphatic hydroxyl groups is 8. The van der Waals surface area contributed by atoms with Crippen LogP contribution >= 0.6 is 0 Å². The Labute approximate surface area is 414 Å². The lowest BCUT2D eigenvalue weighted by Crippen LogP contribution is -2.64. The molecule has 410 valence electrons. The Balaban J connectivity index is 1.58. The van der Waals surface area contributed by atoms with Gasteiger partial charge in [0.15, 0.2) is 31.1 Å². The minimum absolute atomic E-state index is 0.0501. The topological polar surface area (TPSA) is 307 Å². The molecular weight excluding hydrogens is 921 g/mol. The van der Waals surface area contributed by atoms with Crippen LogP contribution in [0.15, 0.2) is 0 Å². The molecule has 3 aliphatic rings. The van der Waals surface area contributed by atoms with Crippen LogP contribution in [0.5, 0.6) is 0 Å². The van der Waals surface area contributed by atoms with Gasteiger partial charge in [-0.15, -0.1) is 0 Å². The number of hydrogen-bond donors (Lipinski definition) is 9. The van der Waals surface area contributed by atoms with Crippen LogP contribution in [0.2, 0.25) is 0 Å². The van der Waals surface area contributed by atoms with E-state index in [1.807, 2.05) is 13.8 Å². The second kappa shape index (κ2) is 34.4. The second-order valence-corrected chi connectivity index (χ2v) is 19.9. The van der Waals surface area contributed by atoms with E-state index < -0.39 is 110 Å². The molecule has 0 aromatic rings. The molecule has 9 N–H and O–H groups in total. The van der Waals surface area contributed by atoms with E-state index >= 15 is 0 Å². The van der Waals surface area contributed by atoms with Gasteiger partial charge < -0.3 is 83.9 Å². The van der Waals surface area contributed by atoms with Crippen molar-refractivity contribution in [2.45, 2.75) is 274 Å². The molecule has 3 rings (SSSR count). The molecule has 0 saturated carbocycles. The van der Waals surface area contributed by atoms with Crippen molar-refractivity contribution in [2.75, 3.05) is 19.8 Å². The number of ether oxygens (including phenoxy) is 8. The van der Waals surface area contributed by atoms with E-state index in [1.54, 1.807) is 0 Å². The molecule has 0 aliphatic carbocycles. The molecule has 20 nitrogen and oxygen atoms in total. The van der Waals surface area contributed by atoms with Crippen molar-refractivity contribution in [2.24, 2.45) is 5.92 Å². The number of aliphatic hydroxyl groups excluding tert-OH is 8. The first-order chi connectivity index (χ1) is 33.4. The first-order valence-corrected chi connectivity index (χ1v) is 26.3. The molecule has 20 heteroatoms. The number of hydrogen-bond acceptors (Lipinski definition) is 19. The molecule has 0 spiro atoms. The van der Waals surface area contributed by atoms with E-state index in [9.17, 15) is 55.2 Å². The molecule has 16 atom stereocenters. The maximum absolute atomic E-state index is 12.1. The summed E-state index contributed by atoms with van der Waals surface area (Å²) in [7, 11) is 0. The highest BCUT2D eigenvalue weighted by atomic mass is 16.8. The van der Waals surface area contributed by atoms with E-state index in [4.69, 9.17) is 43.0 Å². The van der Waals surface area contributed by atoms with Gasteiger partial charge >= 0.3 is 17.9 Å². The Morgan fingerprint density at radius 3 is 1.77 bits per heavy atom. The predicted molar refractivity (Wildman–Crippen MR) is 252 cm³/mol. The summed E-state index contributed by atoms with van der Waals surface area (Å²) in [4.78, 5) is 34.8. The van der Waals surface area contributed by atoms with Gasteiger partial charge in [0.25, 0.3) is 0 Å². The molecule has 3 aliphatic heterocycles. The normalized spacial score (nSPS) is 30.7. The number of unbranched alkanes of at least 4 members (excludes halogenated alkanes) is 13. The third kappa shape index (κ3) is 22.9. The summed E-state index contributed by atoms with van der Waals surface area (Å²) in [5, 5.41) is 95.2. The van der Waals surface area contributed by atoms with Crippen LogP contribution in [-0.4, -0.2) is 182 Å². The molecule has 0 amide bonds. The number of rotatable bonds is 36. The SMILES string of the molecule is CCCCCC[C@H](CCC[C@@H](O)CCCCCCCCCCCCC[C@H](O)C(=O)O)O[C@H]1OC[C@H](O)[C@@H](O)[C@@H]1O[C@H]1OC[C@H](OC(C)=O)[C@@H](O)[C@@H]1O[C@H]1O[C@@H](CCOC(=O)CC(C)C)[C@H](O)[C@@H](O)[C@@H]1O. The smallest absolute Gasteiger partial charge is 0.332 e. The lowest BCUT2D eigenvalue weighted by atomic mass is 9.96. The average molecular weight is 1010 g/mol. The summed E-state index contributed by atoms with van der Waals surface area (Å²) in [5.41, 5.74) is 0. The predicted octanol–water partition coefficient (Wildman–Crippen LogP) is 3.67. The van der Waals surface area contributed by atoms with Gasteiger partial charge in [0, 0.05) is 19.8 Å². The van der Waals surface area contributed by atoms with Gasteiger partial charge in [-0.25, -0.2) is 4.79 Å². The summed E-state index contributed by atoms with van der Waals surface area (Å²) in [6.07, 6.45) is -3.31. The van der Waals surface area contributed by atoms with E-state index in [1.165, 1.54) is 0 Å². The Kier molecular flexibility index (Phi) is 30.5. The number of esters is 2. The van der Waals surface area contributed by atoms with Gasteiger partial charge in [0.2, 0.25) is 0 Å². The summed E-state index contributed by atoms with van der Waals surface area (Å²) in [6.45, 7) is 6.11. The molecular formula is C50H90O20. The van der Waals surface area contributed by atoms with Crippen molar-refractivity contribution >= 4 is 17.9 Å². The molecule has 0 aromatic heterocycles. The molecule has 0 radical (unpaired) electrons. The van der Waals surface area contributed by atoms with E-state index in [0.29, 0.717) is 38.5 Å². The second-order valence-electron chi connectivity index (χ2n) is 19.9. The van der Waals surface area contributed by atoms with Gasteiger partial charge in [-0.1, -0.05) is 117 Å². The van der Waals surface area contributed by atoms with Gasteiger partial charge in [0.1, 0.15) is 48.8 Å². The monoisotopic (exact) mass is 1010 g/mol. The minimum atomic E-state index is -1.86. The summed E-state index contributed by atoms with van der Waals surface area (Å²) >= 11 is 0. The lowest BCUT2D eigenvalue weighted by molar-refractivity contribution is -0.380. The minimum Gasteiger partial charge on any atom is -0.479 e. The Bertz CT molecular complexity index is 1420. The quantitative estimate of drug-likeness (QED) is 0.0319. The zero-order valence-electron chi connectivity index (χ0n) is 42.2. The maximum atomic E-state index is 12.1. The highest BCUT2D eigenvalue weighted by molar-refractivity contribution is 5.71. The highest BCUT2D eigenvalue weighted by Crippen LogP contribution is 2.33. The van der Waals surface area contributed by atoms with Gasteiger partial charge in [-0.3, -0.25) is 9.59 Å². The summed E-state index contributed by atoms with van der Waals surface area (Å²) in [5.74, 6) is -2.32. The summed E-state index contributed by atoms with van der Waals surface area (Å²) < 4.78 is 47.1. The third-order valence-electron chi connectivity index (χ3n) is 13.2. The van der Waals surface area contributed by atoms with Crippen molar-refractivity contribution < 1.29 is 98.2 Å². The van der Waals surface area contributed by atoms with Gasteiger partial charge in [-0.2, -0.15) is 0 Å². The highest BCUT2D eigenvalue weighted by Gasteiger charge is 2.52. The van der Waals surface area contributed by atoms with Crippen LogP contribution in [-0.2, 0) is 52.3 Å². The first kappa shape index (κ1) is 62.1. The maximum Gasteiger partial charge on any atom is 0.332 e. The summed E-state index contributed by atoms with van der Waals surface area (Å²) in [6, 6.07) is 0. The number of carbonyl (C=O) groups is 3. The zero-order valence-corrected chi connectivity index (χ0v) is 42.2. The van der Waals surface area contributed by atoms with Gasteiger partial charge in [-0.05, 0) is 44.4 Å². The standard InChI is InChI=1S/C50H90O20/c1-5-6-7-18-23-34(24-20-22-33(52)21-17-15-13-11-9-8-10-12-14-16-19-25-35(53)47(61)62)67-49-45(40(56)36(54)29-64-49)70-50-46(42(58)38(30-65-50)66-32(4)51)69-48-44(60)43(59)41(57)37(68-48)26-27-63-39(55)28-31(2)3/h31,33-38,40-46,48-50,52-54,56-60H,5-30H2,1-4H3,(H,61,62)/t33-,34+,35-,36-,37-,38-,40+,41-,42+,43+,44-,45-,46-,48+,49+,50+/m0/s1. The lowest BCUT2D eigenvalue weighted by Gasteiger charge is -2.47. The fourth-order valence-electron chi connectivity index (χ4n) is 9.05. The molecule has 0 unspecified atom stereocenters. The fourth-order valence-corrected chi connectivity index (χ4v) is 9.05. The molecule has 3 fully saturated rings. The van der Waals surface area contributed by atoms with E-state index in [-0.39, 0.29) is 44.7 Å². The zero-order chi connectivity index (χ0) is 51.6. The number of aliphatic carboxylic acids is 1. The van der Waals surface area contributed by atoms with Gasteiger partial charge in [0.05, 0.1) is 38.1 Å². The van der Waals surface area contributed by atoms with Crippen LogP contribution in [0.25, 0.3) is 0 Å². The first-order valence-electron chi connectivity index (χ1n) is 26.3. The van der Waals surface area contributed by atoms with E-state index in [0.717, 1.165) is 103 Å². The number of carboxylic acids is 1. The molecule has 3 saturated heterocycles. The van der Waals surface area contributed by atoms with Crippen LogP contribution in [0, 0.1) is 5.92 Å².